The lowest BCUT2D eigenvalue weighted by molar-refractivity contribution is 0.0933. The minimum Gasteiger partial charge on any atom is -0.508 e. The third kappa shape index (κ3) is 3.77. The number of hydrogen-bond donors (Lipinski definition) is 2. The highest BCUT2D eigenvalue weighted by Gasteiger charge is 2.12. The molecule has 1 rings (SSSR count). The average Bonchev–Trinajstić information content (AvgIpc) is 2.31. The largest absolute Gasteiger partial charge is 0.508 e. The maximum absolute atomic E-state index is 12.0. The van der Waals surface area contributed by atoms with E-state index in [2.05, 4.69) is 19.2 Å². The van der Waals surface area contributed by atoms with Crippen molar-refractivity contribution in [2.24, 2.45) is 0 Å². The van der Waals surface area contributed by atoms with E-state index < -0.39 is 0 Å². The van der Waals surface area contributed by atoms with E-state index >= 15 is 0 Å². The summed E-state index contributed by atoms with van der Waals surface area (Å²) in [5, 5.41) is 12.4. The van der Waals surface area contributed by atoms with E-state index in [1.165, 1.54) is 0 Å². The van der Waals surface area contributed by atoms with Crippen molar-refractivity contribution >= 4 is 5.91 Å². The summed E-state index contributed by atoms with van der Waals surface area (Å²) in [5.41, 5.74) is 1.33. The maximum atomic E-state index is 12.0. The number of carbonyl (C=O) groups is 1. The van der Waals surface area contributed by atoms with Crippen molar-refractivity contribution in [1.29, 1.82) is 0 Å². The molecular weight excluding hydrogens is 214 g/mol. The van der Waals surface area contributed by atoms with Gasteiger partial charge in [-0.1, -0.05) is 20.3 Å². The number of rotatable bonds is 5. The normalized spacial score (nSPS) is 12.2. The maximum Gasteiger partial charge on any atom is 0.251 e. The predicted molar refractivity (Wildman–Crippen MR) is 69.3 cm³/mol. The first-order valence-electron chi connectivity index (χ1n) is 6.19. The van der Waals surface area contributed by atoms with Gasteiger partial charge in [0.25, 0.3) is 5.91 Å². The topological polar surface area (TPSA) is 49.3 Å². The van der Waals surface area contributed by atoms with E-state index in [0.717, 1.165) is 24.8 Å². The molecule has 94 valence electrons. The molecule has 0 heterocycles. The Balaban J connectivity index is 2.72. The first kappa shape index (κ1) is 13.6. The molecule has 1 aromatic carbocycles. The van der Waals surface area contributed by atoms with Gasteiger partial charge >= 0.3 is 0 Å². The Morgan fingerprint density at radius 2 is 2.12 bits per heavy atom. The monoisotopic (exact) mass is 235 g/mol. The molecule has 2 N–H and O–H groups in total. The van der Waals surface area contributed by atoms with Crippen LogP contribution in [0.15, 0.2) is 18.2 Å². The number of hydrogen-bond acceptors (Lipinski definition) is 2. The number of carbonyl (C=O) groups excluding carboxylic acids is 1. The molecule has 0 fully saturated rings. The van der Waals surface area contributed by atoms with Gasteiger partial charge in [-0.2, -0.15) is 0 Å². The highest BCUT2D eigenvalue weighted by atomic mass is 16.3. The van der Waals surface area contributed by atoms with Crippen molar-refractivity contribution in [1.82, 2.24) is 5.32 Å². The summed E-state index contributed by atoms with van der Waals surface area (Å²) in [5.74, 6) is 0.163. The molecule has 1 aromatic rings. The molecule has 0 aromatic heterocycles. The first-order chi connectivity index (χ1) is 8.08. The van der Waals surface area contributed by atoms with E-state index in [1.54, 1.807) is 25.1 Å². The molecule has 0 radical (unpaired) electrons. The van der Waals surface area contributed by atoms with E-state index in [-0.39, 0.29) is 17.7 Å². The highest BCUT2D eigenvalue weighted by Crippen LogP contribution is 2.17. The van der Waals surface area contributed by atoms with Crippen LogP contribution in [0.2, 0.25) is 0 Å². The molecule has 3 heteroatoms. The average molecular weight is 235 g/mol. The standard InChI is InChI=1S/C14H21NO2/c1-4-6-12(5-2)15-14(17)11-7-8-13(16)10(3)9-11/h7-9,12,16H,4-6H2,1-3H3,(H,15,17). The van der Waals surface area contributed by atoms with Gasteiger partial charge in [0.05, 0.1) is 0 Å². The van der Waals surface area contributed by atoms with Gasteiger partial charge in [0, 0.05) is 11.6 Å². The number of benzene rings is 1. The zero-order valence-electron chi connectivity index (χ0n) is 10.8. The summed E-state index contributed by atoms with van der Waals surface area (Å²) in [4.78, 5) is 12.0. The minimum absolute atomic E-state index is 0.0617. The van der Waals surface area contributed by atoms with Crippen LogP contribution in [0.1, 0.15) is 49.0 Å². The number of aromatic hydroxyl groups is 1. The lowest BCUT2D eigenvalue weighted by Crippen LogP contribution is -2.34. The van der Waals surface area contributed by atoms with Gasteiger partial charge in [-0.05, 0) is 43.5 Å². The summed E-state index contributed by atoms with van der Waals surface area (Å²) in [6, 6.07) is 5.16. The number of amides is 1. The van der Waals surface area contributed by atoms with Crippen LogP contribution < -0.4 is 5.32 Å². The fourth-order valence-electron chi connectivity index (χ4n) is 1.79. The van der Waals surface area contributed by atoms with Crippen molar-refractivity contribution in [3.05, 3.63) is 29.3 Å². The molecule has 17 heavy (non-hydrogen) atoms. The van der Waals surface area contributed by atoms with E-state index in [0.29, 0.717) is 5.56 Å². The fraction of sp³-hybridized carbons (Fsp3) is 0.500. The van der Waals surface area contributed by atoms with Crippen molar-refractivity contribution in [3.63, 3.8) is 0 Å². The molecule has 0 spiro atoms. The van der Waals surface area contributed by atoms with Crippen LogP contribution in [-0.4, -0.2) is 17.1 Å². The zero-order chi connectivity index (χ0) is 12.8. The molecule has 0 aliphatic rings. The van der Waals surface area contributed by atoms with E-state index in [1.807, 2.05) is 0 Å². The second-order valence-electron chi connectivity index (χ2n) is 4.37. The zero-order valence-corrected chi connectivity index (χ0v) is 10.8. The second kappa shape index (κ2) is 6.28. The highest BCUT2D eigenvalue weighted by molar-refractivity contribution is 5.94. The van der Waals surface area contributed by atoms with Gasteiger partial charge < -0.3 is 10.4 Å². The Bertz CT molecular complexity index is 388. The summed E-state index contributed by atoms with van der Waals surface area (Å²) in [7, 11) is 0. The molecule has 1 unspecified atom stereocenters. The molecule has 0 bridgehead atoms. The van der Waals surface area contributed by atoms with Crippen LogP contribution in [0.5, 0.6) is 5.75 Å². The Kier molecular flexibility index (Phi) is 5.01. The van der Waals surface area contributed by atoms with Crippen LogP contribution in [0.3, 0.4) is 0 Å². The van der Waals surface area contributed by atoms with Gasteiger partial charge in [0.15, 0.2) is 0 Å². The SMILES string of the molecule is CCCC(CC)NC(=O)c1ccc(O)c(C)c1. The summed E-state index contributed by atoms with van der Waals surface area (Å²) in [6.07, 6.45) is 3.00. The number of nitrogens with one attached hydrogen (secondary N) is 1. The summed E-state index contributed by atoms with van der Waals surface area (Å²) >= 11 is 0. The van der Waals surface area contributed by atoms with Gasteiger partial charge in [-0.25, -0.2) is 0 Å². The number of phenols is 1. The number of phenolic OH excluding ortho intramolecular Hbond substituents is 1. The third-order valence-corrected chi connectivity index (χ3v) is 2.92. The van der Waals surface area contributed by atoms with Crippen LogP contribution in [0.25, 0.3) is 0 Å². The Morgan fingerprint density at radius 3 is 2.65 bits per heavy atom. The van der Waals surface area contributed by atoms with Crippen molar-refractivity contribution in [2.45, 2.75) is 46.1 Å². The van der Waals surface area contributed by atoms with Crippen LogP contribution in [0, 0.1) is 6.92 Å². The van der Waals surface area contributed by atoms with Crippen molar-refractivity contribution in [3.8, 4) is 5.75 Å². The second-order valence-corrected chi connectivity index (χ2v) is 4.37. The van der Waals surface area contributed by atoms with Crippen LogP contribution in [-0.2, 0) is 0 Å². The quantitative estimate of drug-likeness (QED) is 0.824. The van der Waals surface area contributed by atoms with Gasteiger partial charge in [0.1, 0.15) is 5.75 Å². The molecule has 0 aliphatic carbocycles. The molecular formula is C14H21NO2. The molecule has 0 saturated carbocycles. The third-order valence-electron chi connectivity index (χ3n) is 2.92. The fourth-order valence-corrected chi connectivity index (χ4v) is 1.79. The van der Waals surface area contributed by atoms with E-state index in [4.69, 9.17) is 0 Å². The Labute approximate surface area is 103 Å². The summed E-state index contributed by atoms with van der Waals surface area (Å²) < 4.78 is 0. The lowest BCUT2D eigenvalue weighted by Gasteiger charge is -2.16. The van der Waals surface area contributed by atoms with Gasteiger partial charge in [-0.15, -0.1) is 0 Å². The van der Waals surface area contributed by atoms with Crippen molar-refractivity contribution in [2.75, 3.05) is 0 Å². The predicted octanol–water partition coefficient (Wildman–Crippen LogP) is 3.01. The Hall–Kier alpha value is -1.51. The van der Waals surface area contributed by atoms with Crippen LogP contribution in [0.4, 0.5) is 0 Å². The van der Waals surface area contributed by atoms with Gasteiger partial charge in [0.2, 0.25) is 0 Å². The van der Waals surface area contributed by atoms with Crippen LogP contribution >= 0.6 is 0 Å². The van der Waals surface area contributed by atoms with Gasteiger partial charge in [-0.3, -0.25) is 4.79 Å². The lowest BCUT2D eigenvalue weighted by atomic mass is 10.1. The number of aryl methyl sites for hydroxylation is 1. The minimum atomic E-state index is -0.0617. The molecule has 0 aliphatic heterocycles. The molecule has 1 amide bonds. The molecule has 0 saturated heterocycles. The molecule has 1 atom stereocenters. The first-order valence-corrected chi connectivity index (χ1v) is 6.19. The summed E-state index contributed by atoms with van der Waals surface area (Å²) in [6.45, 7) is 5.97. The van der Waals surface area contributed by atoms with E-state index in [9.17, 15) is 9.90 Å². The Morgan fingerprint density at radius 1 is 1.41 bits per heavy atom. The van der Waals surface area contributed by atoms with Crippen molar-refractivity contribution < 1.29 is 9.90 Å². The smallest absolute Gasteiger partial charge is 0.251 e. The molecule has 3 nitrogen and oxygen atoms in total.